The highest BCUT2D eigenvalue weighted by Crippen LogP contribution is 2.36. The maximum atomic E-state index is 13.5. The van der Waals surface area contributed by atoms with Crippen LogP contribution >= 0.6 is 0 Å². The topological polar surface area (TPSA) is 56.0 Å². The number of methoxy groups -OCH3 is 1. The highest BCUT2D eigenvalue weighted by Gasteiger charge is 2.20. The Morgan fingerprint density at radius 2 is 1.41 bits per heavy atom. The van der Waals surface area contributed by atoms with Gasteiger partial charge in [0.2, 0.25) is 0 Å². The third-order valence-electron chi connectivity index (χ3n) is 5.65. The van der Waals surface area contributed by atoms with Crippen molar-refractivity contribution in [1.82, 2.24) is 13.9 Å². The van der Waals surface area contributed by atoms with Crippen LogP contribution in [0.1, 0.15) is 0 Å². The van der Waals surface area contributed by atoms with Crippen LogP contribution in [0.25, 0.3) is 38.0 Å². The zero-order valence-electron chi connectivity index (χ0n) is 16.6. The average molecular weight is 387 g/mol. The Kier molecular flexibility index (Phi) is 3.86. The Morgan fingerprint density at radius 3 is 2.14 bits per heavy atom. The molecule has 0 aliphatic heterocycles. The van der Waals surface area contributed by atoms with Gasteiger partial charge in [-0.25, -0.2) is 4.79 Å². The zero-order chi connectivity index (χ0) is 20.3. The molecule has 146 valence electrons. The van der Waals surface area contributed by atoms with Crippen LogP contribution in [0.2, 0.25) is 0 Å². The summed E-state index contributed by atoms with van der Waals surface area (Å²) in [5, 5.41) is 4.30. The van der Waals surface area contributed by atoms with Crippen molar-refractivity contribution in [3.8, 4) is 5.75 Å². The maximum Gasteiger partial charge on any atom is 0.336 e. The highest BCUT2D eigenvalue weighted by atomic mass is 16.5. The molecule has 0 radical (unpaired) electrons. The van der Waals surface area contributed by atoms with Crippen molar-refractivity contribution in [2.45, 2.75) is 6.54 Å². The molecule has 0 aliphatic carbocycles. The molecular formula is C23H21N3O3. The number of aromatic nitrogens is 2. The molecule has 3 aromatic carbocycles. The lowest BCUT2D eigenvalue weighted by atomic mass is 10.0. The smallest absolute Gasteiger partial charge is 0.336 e. The second-order valence-electron chi connectivity index (χ2n) is 7.60. The van der Waals surface area contributed by atoms with Crippen LogP contribution < -0.4 is 16.0 Å². The van der Waals surface area contributed by atoms with Crippen LogP contribution in [0.15, 0.2) is 58.1 Å². The van der Waals surface area contributed by atoms with Gasteiger partial charge in [-0.3, -0.25) is 13.8 Å². The Bertz CT molecular complexity index is 1510. The molecule has 0 N–H and O–H groups in total. The second kappa shape index (κ2) is 6.32. The van der Waals surface area contributed by atoms with Crippen LogP contribution in [-0.4, -0.2) is 41.6 Å². The Morgan fingerprint density at radius 1 is 0.828 bits per heavy atom. The van der Waals surface area contributed by atoms with E-state index in [1.54, 1.807) is 17.6 Å². The quantitative estimate of drug-likeness (QED) is 0.476. The zero-order valence-corrected chi connectivity index (χ0v) is 16.6. The van der Waals surface area contributed by atoms with E-state index in [1.807, 2.05) is 61.5 Å². The van der Waals surface area contributed by atoms with E-state index in [0.717, 1.165) is 32.8 Å². The first-order chi connectivity index (χ1) is 14.0. The maximum absolute atomic E-state index is 13.5. The van der Waals surface area contributed by atoms with Gasteiger partial charge in [-0.2, -0.15) is 0 Å². The van der Waals surface area contributed by atoms with Gasteiger partial charge in [0.25, 0.3) is 5.56 Å². The van der Waals surface area contributed by atoms with Crippen LogP contribution in [0.4, 0.5) is 0 Å². The van der Waals surface area contributed by atoms with Gasteiger partial charge in [-0.05, 0) is 32.3 Å². The lowest BCUT2D eigenvalue weighted by Crippen LogP contribution is -2.39. The number of rotatable bonds is 4. The van der Waals surface area contributed by atoms with E-state index in [9.17, 15) is 9.59 Å². The fraction of sp³-hybridized carbons (Fsp3) is 0.217. The van der Waals surface area contributed by atoms with Gasteiger partial charge in [-0.15, -0.1) is 0 Å². The minimum Gasteiger partial charge on any atom is -0.496 e. The molecule has 0 amide bonds. The number of para-hydroxylation sites is 1. The molecule has 29 heavy (non-hydrogen) atoms. The minimum absolute atomic E-state index is 0.236. The number of hydrogen-bond donors (Lipinski definition) is 0. The molecule has 5 rings (SSSR count). The third kappa shape index (κ3) is 2.39. The summed E-state index contributed by atoms with van der Waals surface area (Å²) < 4.78 is 8.58. The Labute approximate surface area is 166 Å². The monoisotopic (exact) mass is 387 g/mol. The summed E-state index contributed by atoms with van der Waals surface area (Å²) in [4.78, 5) is 28.6. The number of nitrogens with zero attached hydrogens (tertiary/aromatic N) is 3. The molecular weight excluding hydrogens is 366 g/mol. The molecule has 5 aromatic rings. The summed E-state index contributed by atoms with van der Waals surface area (Å²) in [5.74, 6) is 0.756. The number of hydrogen-bond acceptors (Lipinski definition) is 4. The van der Waals surface area contributed by atoms with Crippen molar-refractivity contribution < 1.29 is 4.74 Å². The Hall–Kier alpha value is -3.38. The SMILES string of the molecule is COc1cccc2c1ccc1c3cccc4c(=O)n(CCN(C)C)c(=O)n(c43)c21. The molecule has 0 atom stereocenters. The summed E-state index contributed by atoms with van der Waals surface area (Å²) in [6, 6.07) is 15.5. The van der Waals surface area contributed by atoms with E-state index in [4.69, 9.17) is 4.74 Å². The van der Waals surface area contributed by atoms with Gasteiger partial charge in [-0.1, -0.05) is 30.3 Å². The summed E-state index contributed by atoms with van der Waals surface area (Å²) in [5.41, 5.74) is 0.968. The summed E-state index contributed by atoms with van der Waals surface area (Å²) in [6.07, 6.45) is 0. The molecule has 2 aromatic heterocycles. The Balaban J connectivity index is 2.04. The molecule has 0 bridgehead atoms. The third-order valence-corrected chi connectivity index (χ3v) is 5.65. The highest BCUT2D eigenvalue weighted by molar-refractivity contribution is 6.21. The molecule has 0 saturated carbocycles. The van der Waals surface area contributed by atoms with Gasteiger partial charge in [0, 0.05) is 34.6 Å². The fourth-order valence-electron chi connectivity index (χ4n) is 4.28. The van der Waals surface area contributed by atoms with Gasteiger partial charge in [0.1, 0.15) is 5.75 Å². The summed E-state index contributed by atoms with van der Waals surface area (Å²) >= 11 is 0. The lowest BCUT2D eigenvalue weighted by Gasteiger charge is -2.12. The summed E-state index contributed by atoms with van der Waals surface area (Å²) in [6.45, 7) is 0.949. The predicted molar refractivity (Wildman–Crippen MR) is 117 cm³/mol. The summed E-state index contributed by atoms with van der Waals surface area (Å²) in [7, 11) is 5.49. The number of ether oxygens (including phenoxy) is 1. The van der Waals surface area contributed by atoms with Gasteiger partial charge in [0.05, 0.1) is 23.5 Å². The van der Waals surface area contributed by atoms with E-state index in [-0.39, 0.29) is 11.2 Å². The first-order valence-electron chi connectivity index (χ1n) is 9.56. The number of benzene rings is 3. The lowest BCUT2D eigenvalue weighted by molar-refractivity contribution is 0.376. The molecule has 0 saturated heterocycles. The van der Waals surface area contributed by atoms with Gasteiger partial charge in [0.15, 0.2) is 0 Å². The van der Waals surface area contributed by atoms with E-state index < -0.39 is 0 Å². The van der Waals surface area contributed by atoms with Gasteiger partial charge >= 0.3 is 5.69 Å². The molecule has 6 nitrogen and oxygen atoms in total. The van der Waals surface area contributed by atoms with E-state index >= 15 is 0 Å². The van der Waals surface area contributed by atoms with Gasteiger partial charge < -0.3 is 9.64 Å². The number of fused-ring (bicyclic) bond motifs is 5. The van der Waals surface area contributed by atoms with Crippen molar-refractivity contribution in [3.05, 3.63) is 69.4 Å². The van der Waals surface area contributed by atoms with E-state index in [2.05, 4.69) is 0 Å². The molecule has 2 heterocycles. The molecule has 6 heteroatoms. The van der Waals surface area contributed by atoms with Crippen molar-refractivity contribution >= 4 is 38.0 Å². The fourth-order valence-corrected chi connectivity index (χ4v) is 4.28. The normalized spacial score (nSPS) is 12.1. The van der Waals surface area contributed by atoms with Crippen LogP contribution in [0, 0.1) is 0 Å². The largest absolute Gasteiger partial charge is 0.496 e. The van der Waals surface area contributed by atoms with Crippen molar-refractivity contribution in [1.29, 1.82) is 0 Å². The van der Waals surface area contributed by atoms with Crippen molar-refractivity contribution in [3.63, 3.8) is 0 Å². The molecule has 0 aliphatic rings. The first-order valence-corrected chi connectivity index (χ1v) is 9.56. The van der Waals surface area contributed by atoms with Crippen molar-refractivity contribution in [2.24, 2.45) is 0 Å². The van der Waals surface area contributed by atoms with E-state index in [1.165, 1.54) is 4.57 Å². The molecule has 0 fully saturated rings. The van der Waals surface area contributed by atoms with E-state index in [0.29, 0.717) is 24.0 Å². The number of likely N-dealkylation sites (N-methyl/N-ethyl adjacent to an activating group) is 1. The van der Waals surface area contributed by atoms with Crippen LogP contribution in [-0.2, 0) is 6.54 Å². The molecule has 0 spiro atoms. The standard InChI is InChI=1S/C23H21N3O3/c1-24(2)12-13-25-22(27)18-8-4-6-16-17-11-10-14-15(7-5-9-19(14)29-3)20(17)26(21(16)18)23(25)28/h4-11H,12-13H2,1-3H3. The van der Waals surface area contributed by atoms with Crippen LogP contribution in [0.3, 0.4) is 0 Å². The minimum atomic E-state index is -0.300. The average Bonchev–Trinajstić information content (AvgIpc) is 3.07. The second-order valence-corrected chi connectivity index (χ2v) is 7.60. The molecule has 0 unspecified atom stereocenters. The van der Waals surface area contributed by atoms with Crippen LogP contribution in [0.5, 0.6) is 5.75 Å². The first kappa shape index (κ1) is 17.7. The predicted octanol–water partition coefficient (Wildman–Crippen LogP) is 2.93. The van der Waals surface area contributed by atoms with Crippen molar-refractivity contribution in [2.75, 3.05) is 27.7 Å².